The second-order valence-electron chi connectivity index (χ2n) is 6.23. The van der Waals surface area contributed by atoms with Gasteiger partial charge in [0, 0.05) is 60.9 Å². The minimum absolute atomic E-state index is 0. The predicted octanol–water partition coefficient (Wildman–Crippen LogP) is 3.69. The van der Waals surface area contributed by atoms with Gasteiger partial charge >= 0.3 is 0 Å². The van der Waals surface area contributed by atoms with Crippen molar-refractivity contribution in [3.63, 3.8) is 0 Å². The van der Waals surface area contributed by atoms with E-state index < -0.39 is 0 Å². The molecule has 5 nitrogen and oxygen atoms in total. The first-order valence-electron chi connectivity index (χ1n) is 8.45. The van der Waals surface area contributed by atoms with Crippen molar-refractivity contribution in [3.05, 3.63) is 71.1 Å². The van der Waals surface area contributed by atoms with Gasteiger partial charge in [0.2, 0.25) is 0 Å². The Hall–Kier alpha value is -1.92. The van der Waals surface area contributed by atoms with Crippen molar-refractivity contribution in [2.75, 3.05) is 19.6 Å². The molecule has 1 aliphatic rings. The van der Waals surface area contributed by atoms with Gasteiger partial charge in [-0.3, -0.25) is 15.0 Å². The SMILES string of the molecule is Cl.Clc1ccccc1C1CNCCN1Cc1cc(-c2cccnc2)n[nH]1. The van der Waals surface area contributed by atoms with Gasteiger partial charge in [-0.1, -0.05) is 29.8 Å². The zero-order valence-electron chi connectivity index (χ0n) is 14.2. The van der Waals surface area contributed by atoms with Crippen LogP contribution >= 0.6 is 24.0 Å². The van der Waals surface area contributed by atoms with Gasteiger partial charge in [-0.2, -0.15) is 5.10 Å². The van der Waals surface area contributed by atoms with Crippen molar-refractivity contribution in [1.82, 2.24) is 25.4 Å². The van der Waals surface area contributed by atoms with E-state index >= 15 is 0 Å². The molecule has 0 spiro atoms. The Morgan fingerprint density at radius 2 is 2.08 bits per heavy atom. The standard InChI is InChI=1S/C19H20ClN5.ClH/c20-17-6-2-1-5-16(17)19-12-22-8-9-25(19)13-15-10-18(24-23-15)14-4-3-7-21-11-14;/h1-7,10-11,19,22H,8-9,12-13H2,(H,23,24);1H. The van der Waals surface area contributed by atoms with E-state index in [4.69, 9.17) is 11.6 Å². The lowest BCUT2D eigenvalue weighted by Gasteiger charge is -2.36. The third-order valence-electron chi connectivity index (χ3n) is 4.58. The molecule has 7 heteroatoms. The summed E-state index contributed by atoms with van der Waals surface area (Å²) in [5.41, 5.74) is 4.21. The fourth-order valence-electron chi connectivity index (χ4n) is 3.31. The summed E-state index contributed by atoms with van der Waals surface area (Å²) in [6, 6.07) is 14.4. The van der Waals surface area contributed by atoms with Crippen LogP contribution < -0.4 is 5.32 Å². The molecule has 1 saturated heterocycles. The number of hydrogen-bond donors (Lipinski definition) is 2. The third-order valence-corrected chi connectivity index (χ3v) is 4.92. The molecule has 3 aromatic rings. The second kappa shape index (κ2) is 8.64. The Morgan fingerprint density at radius 3 is 2.88 bits per heavy atom. The van der Waals surface area contributed by atoms with Gasteiger partial charge in [0.1, 0.15) is 0 Å². The summed E-state index contributed by atoms with van der Waals surface area (Å²) in [5, 5.41) is 11.9. The normalized spacial score (nSPS) is 17.7. The Bertz CT molecular complexity index is 837. The number of nitrogens with one attached hydrogen (secondary N) is 2. The molecule has 0 aliphatic carbocycles. The molecule has 0 bridgehead atoms. The highest BCUT2D eigenvalue weighted by Crippen LogP contribution is 2.29. The molecule has 1 fully saturated rings. The summed E-state index contributed by atoms with van der Waals surface area (Å²) >= 11 is 6.43. The summed E-state index contributed by atoms with van der Waals surface area (Å²) in [5.74, 6) is 0. The van der Waals surface area contributed by atoms with Crippen LogP contribution in [0.25, 0.3) is 11.3 Å². The number of aromatic amines is 1. The summed E-state index contributed by atoms with van der Waals surface area (Å²) in [4.78, 5) is 6.60. The lowest BCUT2D eigenvalue weighted by molar-refractivity contribution is 0.152. The largest absolute Gasteiger partial charge is 0.314 e. The quantitative estimate of drug-likeness (QED) is 0.714. The van der Waals surface area contributed by atoms with Crippen molar-refractivity contribution >= 4 is 24.0 Å². The minimum Gasteiger partial charge on any atom is -0.314 e. The average molecular weight is 390 g/mol. The van der Waals surface area contributed by atoms with Crippen LogP contribution in [0.4, 0.5) is 0 Å². The van der Waals surface area contributed by atoms with E-state index in [1.807, 2.05) is 36.5 Å². The van der Waals surface area contributed by atoms with Crippen LogP contribution in [0.2, 0.25) is 5.02 Å². The first-order chi connectivity index (χ1) is 12.3. The maximum atomic E-state index is 6.43. The van der Waals surface area contributed by atoms with Gasteiger partial charge in [-0.15, -0.1) is 12.4 Å². The molecule has 136 valence electrons. The number of nitrogens with zero attached hydrogens (tertiary/aromatic N) is 3. The highest BCUT2D eigenvalue weighted by atomic mass is 35.5. The maximum absolute atomic E-state index is 6.43. The maximum Gasteiger partial charge on any atom is 0.0939 e. The van der Waals surface area contributed by atoms with Crippen LogP contribution in [-0.2, 0) is 6.54 Å². The number of hydrogen-bond acceptors (Lipinski definition) is 4. The molecule has 1 unspecified atom stereocenters. The van der Waals surface area contributed by atoms with Gasteiger partial charge in [0.25, 0.3) is 0 Å². The minimum atomic E-state index is 0. The van der Waals surface area contributed by atoms with Crippen LogP contribution in [0, 0.1) is 0 Å². The Balaban J connectivity index is 0.00000196. The average Bonchev–Trinajstić information content (AvgIpc) is 3.12. The Labute approximate surface area is 164 Å². The van der Waals surface area contributed by atoms with E-state index in [0.29, 0.717) is 0 Å². The number of pyridine rings is 1. The van der Waals surface area contributed by atoms with Gasteiger partial charge in [-0.25, -0.2) is 0 Å². The number of aromatic nitrogens is 3. The monoisotopic (exact) mass is 389 g/mol. The summed E-state index contributed by atoms with van der Waals surface area (Å²) < 4.78 is 0. The topological polar surface area (TPSA) is 56.8 Å². The molecule has 2 aromatic heterocycles. The molecule has 1 atom stereocenters. The number of halogens is 2. The van der Waals surface area contributed by atoms with Crippen molar-refractivity contribution in [3.8, 4) is 11.3 Å². The lowest BCUT2D eigenvalue weighted by Crippen LogP contribution is -2.45. The molecule has 4 rings (SSSR count). The summed E-state index contributed by atoms with van der Waals surface area (Å²) in [6.45, 7) is 3.65. The summed E-state index contributed by atoms with van der Waals surface area (Å²) in [7, 11) is 0. The molecule has 3 heterocycles. The number of rotatable bonds is 4. The molecular weight excluding hydrogens is 369 g/mol. The van der Waals surface area contributed by atoms with E-state index in [1.165, 1.54) is 5.56 Å². The van der Waals surface area contributed by atoms with Gasteiger partial charge < -0.3 is 5.32 Å². The predicted molar refractivity (Wildman–Crippen MR) is 107 cm³/mol. The van der Waals surface area contributed by atoms with E-state index in [9.17, 15) is 0 Å². The van der Waals surface area contributed by atoms with Crippen LogP contribution in [0.15, 0.2) is 54.9 Å². The zero-order chi connectivity index (χ0) is 17.1. The highest BCUT2D eigenvalue weighted by Gasteiger charge is 2.25. The van der Waals surface area contributed by atoms with Crippen LogP contribution in [-0.4, -0.2) is 39.7 Å². The van der Waals surface area contributed by atoms with Crippen molar-refractivity contribution in [1.29, 1.82) is 0 Å². The smallest absolute Gasteiger partial charge is 0.0939 e. The first kappa shape index (κ1) is 18.9. The number of benzene rings is 1. The number of piperazine rings is 1. The molecule has 0 saturated carbocycles. The number of H-pyrrole nitrogens is 1. The van der Waals surface area contributed by atoms with E-state index in [1.54, 1.807) is 6.20 Å². The lowest BCUT2D eigenvalue weighted by atomic mass is 10.0. The molecule has 0 radical (unpaired) electrons. The fourth-order valence-corrected chi connectivity index (χ4v) is 3.57. The van der Waals surface area contributed by atoms with Crippen molar-refractivity contribution in [2.24, 2.45) is 0 Å². The molecule has 0 amide bonds. The third kappa shape index (κ3) is 4.07. The first-order valence-corrected chi connectivity index (χ1v) is 8.83. The molecule has 26 heavy (non-hydrogen) atoms. The second-order valence-corrected chi connectivity index (χ2v) is 6.64. The van der Waals surface area contributed by atoms with Crippen molar-refractivity contribution in [2.45, 2.75) is 12.6 Å². The van der Waals surface area contributed by atoms with E-state index in [0.717, 1.165) is 48.2 Å². The Morgan fingerprint density at radius 1 is 1.19 bits per heavy atom. The van der Waals surface area contributed by atoms with Crippen LogP contribution in [0.5, 0.6) is 0 Å². The molecule has 1 aromatic carbocycles. The Kier molecular flexibility index (Phi) is 6.27. The van der Waals surface area contributed by atoms with Gasteiger partial charge in [0.05, 0.1) is 5.69 Å². The van der Waals surface area contributed by atoms with Gasteiger partial charge in [0.15, 0.2) is 0 Å². The van der Waals surface area contributed by atoms with Crippen LogP contribution in [0.1, 0.15) is 17.3 Å². The van der Waals surface area contributed by atoms with E-state index in [-0.39, 0.29) is 18.4 Å². The van der Waals surface area contributed by atoms with Crippen LogP contribution in [0.3, 0.4) is 0 Å². The fraction of sp³-hybridized carbons (Fsp3) is 0.263. The summed E-state index contributed by atoms with van der Waals surface area (Å²) in [6.07, 6.45) is 3.60. The molecular formula is C19H21Cl2N5. The van der Waals surface area contributed by atoms with E-state index in [2.05, 4.69) is 37.5 Å². The van der Waals surface area contributed by atoms with Crippen molar-refractivity contribution < 1.29 is 0 Å². The zero-order valence-corrected chi connectivity index (χ0v) is 15.8. The highest BCUT2D eigenvalue weighted by molar-refractivity contribution is 6.31. The van der Waals surface area contributed by atoms with Gasteiger partial charge in [-0.05, 0) is 29.8 Å². The molecule has 2 N–H and O–H groups in total. The molecule has 1 aliphatic heterocycles.